The Kier molecular flexibility index (Phi) is 6.83. The van der Waals surface area contributed by atoms with Crippen LogP contribution in [0.25, 0.3) is 22.6 Å². The summed E-state index contributed by atoms with van der Waals surface area (Å²) in [6, 6.07) is 15.7. The van der Waals surface area contributed by atoms with Gasteiger partial charge in [-0.2, -0.15) is 0 Å². The number of fused-ring (bicyclic) bond motifs is 1. The highest BCUT2D eigenvalue weighted by atomic mass is 79.9. The molecule has 2 N–H and O–H groups in total. The molecular weight excluding hydrogens is 530 g/mol. The molecule has 0 radical (unpaired) electrons. The zero-order chi connectivity index (χ0) is 23.5. The Labute approximate surface area is 208 Å². The first-order valence-corrected chi connectivity index (χ1v) is 11.2. The van der Waals surface area contributed by atoms with Gasteiger partial charge in [0, 0.05) is 15.7 Å². The molecule has 33 heavy (non-hydrogen) atoms. The molecule has 1 aromatic heterocycles. The summed E-state index contributed by atoms with van der Waals surface area (Å²) in [6.07, 6.45) is 0. The molecule has 1 heterocycles. The zero-order valence-electron chi connectivity index (χ0n) is 17.4. The van der Waals surface area contributed by atoms with Crippen LogP contribution in [0.15, 0.2) is 63.5 Å². The lowest BCUT2D eigenvalue weighted by atomic mass is 10.2. The third-order valence-electron chi connectivity index (χ3n) is 4.68. The Morgan fingerprint density at radius 1 is 1.06 bits per heavy atom. The second kappa shape index (κ2) is 9.78. The van der Waals surface area contributed by atoms with Crippen molar-refractivity contribution in [2.75, 3.05) is 19.5 Å². The van der Waals surface area contributed by atoms with E-state index in [0.29, 0.717) is 44.8 Å². The Balaban J connectivity index is 1.51. The topological polar surface area (TPSA) is 85.6 Å². The number of hydrogen-bond donors (Lipinski definition) is 2. The molecule has 0 bridgehead atoms. The summed E-state index contributed by atoms with van der Waals surface area (Å²) >= 11 is 14.7. The SMILES string of the molecule is COc1ccc(-c2nc3cc(NC(=S)NC(=O)c4cc(Br)ccc4Cl)ccc3o2)cc1OC. The zero-order valence-corrected chi connectivity index (χ0v) is 20.6. The van der Waals surface area contributed by atoms with Crippen LogP contribution in [-0.2, 0) is 0 Å². The molecule has 0 fully saturated rings. The molecule has 1 amide bonds. The van der Waals surface area contributed by atoms with Gasteiger partial charge in [0.15, 0.2) is 22.2 Å². The van der Waals surface area contributed by atoms with Crippen LogP contribution in [-0.4, -0.2) is 30.2 Å². The van der Waals surface area contributed by atoms with Crippen LogP contribution in [0, 0.1) is 0 Å². The van der Waals surface area contributed by atoms with Crippen molar-refractivity contribution in [3.8, 4) is 23.0 Å². The quantitative estimate of drug-likeness (QED) is 0.295. The van der Waals surface area contributed by atoms with E-state index in [1.807, 2.05) is 6.07 Å². The summed E-state index contributed by atoms with van der Waals surface area (Å²) < 4.78 is 17.2. The Morgan fingerprint density at radius 2 is 1.85 bits per heavy atom. The molecule has 4 rings (SSSR count). The van der Waals surface area contributed by atoms with Gasteiger partial charge in [-0.25, -0.2) is 4.98 Å². The molecule has 0 unspecified atom stereocenters. The second-order valence-corrected chi connectivity index (χ2v) is 8.53. The van der Waals surface area contributed by atoms with E-state index in [1.165, 1.54) is 0 Å². The highest BCUT2D eigenvalue weighted by Gasteiger charge is 2.15. The second-order valence-electron chi connectivity index (χ2n) is 6.80. The largest absolute Gasteiger partial charge is 0.493 e. The minimum Gasteiger partial charge on any atom is -0.493 e. The predicted octanol–water partition coefficient (Wildman–Crippen LogP) is 6.05. The van der Waals surface area contributed by atoms with Crippen molar-refractivity contribution in [3.05, 3.63) is 69.7 Å². The first kappa shape index (κ1) is 23.0. The summed E-state index contributed by atoms with van der Waals surface area (Å²) in [7, 11) is 3.14. The molecule has 0 atom stereocenters. The lowest BCUT2D eigenvalue weighted by molar-refractivity contribution is 0.0978. The number of ether oxygens (including phenoxy) is 2. The molecule has 0 saturated heterocycles. The number of anilines is 1. The van der Waals surface area contributed by atoms with Gasteiger partial charge >= 0.3 is 0 Å². The molecule has 168 valence electrons. The lowest BCUT2D eigenvalue weighted by Gasteiger charge is -2.10. The average molecular weight is 547 g/mol. The van der Waals surface area contributed by atoms with Gasteiger partial charge in [0.25, 0.3) is 5.91 Å². The van der Waals surface area contributed by atoms with E-state index in [0.717, 1.165) is 10.0 Å². The summed E-state index contributed by atoms with van der Waals surface area (Å²) in [5.74, 6) is 1.20. The monoisotopic (exact) mass is 545 g/mol. The van der Waals surface area contributed by atoms with E-state index in [4.69, 9.17) is 37.7 Å². The maximum absolute atomic E-state index is 12.5. The number of methoxy groups -OCH3 is 2. The van der Waals surface area contributed by atoms with E-state index in [1.54, 1.807) is 62.8 Å². The minimum absolute atomic E-state index is 0.124. The molecule has 4 aromatic rings. The molecule has 0 aliphatic heterocycles. The van der Waals surface area contributed by atoms with Crippen LogP contribution < -0.4 is 20.1 Å². The molecule has 0 aliphatic carbocycles. The third-order valence-corrected chi connectivity index (χ3v) is 5.70. The van der Waals surface area contributed by atoms with Crippen molar-refractivity contribution in [3.63, 3.8) is 0 Å². The van der Waals surface area contributed by atoms with Gasteiger partial charge < -0.3 is 19.2 Å². The molecule has 3 aromatic carbocycles. The van der Waals surface area contributed by atoms with E-state index < -0.39 is 5.91 Å². The van der Waals surface area contributed by atoms with Crippen molar-refractivity contribution >= 4 is 67.6 Å². The van der Waals surface area contributed by atoms with Crippen LogP contribution >= 0.6 is 39.7 Å². The minimum atomic E-state index is -0.419. The lowest BCUT2D eigenvalue weighted by Crippen LogP contribution is -2.34. The van der Waals surface area contributed by atoms with Gasteiger partial charge in [-0.05, 0) is 66.8 Å². The van der Waals surface area contributed by atoms with Gasteiger partial charge in [0.05, 0.1) is 24.8 Å². The molecule has 0 saturated carbocycles. The first-order valence-electron chi connectivity index (χ1n) is 9.58. The summed E-state index contributed by atoms with van der Waals surface area (Å²) in [4.78, 5) is 17.1. The van der Waals surface area contributed by atoms with Crippen molar-refractivity contribution in [2.45, 2.75) is 0 Å². The number of oxazole rings is 1. The van der Waals surface area contributed by atoms with E-state index in [2.05, 4.69) is 31.5 Å². The van der Waals surface area contributed by atoms with E-state index in [-0.39, 0.29) is 5.11 Å². The van der Waals surface area contributed by atoms with Crippen LogP contribution in [0.4, 0.5) is 5.69 Å². The van der Waals surface area contributed by atoms with Crippen molar-refractivity contribution < 1.29 is 18.7 Å². The summed E-state index contributed by atoms with van der Waals surface area (Å²) in [5, 5.41) is 6.05. The highest BCUT2D eigenvalue weighted by Crippen LogP contribution is 2.33. The predicted molar refractivity (Wildman–Crippen MR) is 135 cm³/mol. The average Bonchev–Trinajstić information content (AvgIpc) is 3.23. The fourth-order valence-corrected chi connectivity index (χ4v) is 3.88. The van der Waals surface area contributed by atoms with Gasteiger partial charge in [-0.15, -0.1) is 0 Å². The Hall–Kier alpha value is -3.14. The first-order chi connectivity index (χ1) is 15.9. The molecule has 7 nitrogen and oxygen atoms in total. The highest BCUT2D eigenvalue weighted by molar-refractivity contribution is 9.10. The van der Waals surface area contributed by atoms with Gasteiger partial charge in [-0.1, -0.05) is 27.5 Å². The number of carbonyl (C=O) groups excluding carboxylic acids is 1. The molecule has 0 spiro atoms. The normalized spacial score (nSPS) is 10.7. The van der Waals surface area contributed by atoms with Gasteiger partial charge in [-0.3, -0.25) is 10.1 Å². The van der Waals surface area contributed by atoms with Crippen LogP contribution in [0.1, 0.15) is 10.4 Å². The number of aromatic nitrogens is 1. The number of rotatable bonds is 5. The maximum Gasteiger partial charge on any atom is 0.258 e. The maximum atomic E-state index is 12.5. The number of halogens is 2. The van der Waals surface area contributed by atoms with Crippen molar-refractivity contribution in [1.29, 1.82) is 0 Å². The van der Waals surface area contributed by atoms with Crippen molar-refractivity contribution in [2.24, 2.45) is 0 Å². The summed E-state index contributed by atoms with van der Waals surface area (Å²) in [5.41, 5.74) is 2.91. The van der Waals surface area contributed by atoms with Crippen LogP contribution in [0.5, 0.6) is 11.5 Å². The van der Waals surface area contributed by atoms with Gasteiger partial charge in [0.1, 0.15) is 5.52 Å². The smallest absolute Gasteiger partial charge is 0.258 e. The van der Waals surface area contributed by atoms with E-state index in [9.17, 15) is 4.79 Å². The fraction of sp³-hybridized carbons (Fsp3) is 0.0870. The standard InChI is InChI=1S/C23H17BrClN3O4S/c1-30-19-7-3-12(9-20(19)31-2)22-27-17-11-14(5-8-18(17)32-22)26-23(33)28-21(29)15-10-13(24)4-6-16(15)25/h3-11H,1-2H3,(H2,26,28,29,33). The van der Waals surface area contributed by atoms with Crippen LogP contribution in [0.3, 0.4) is 0 Å². The van der Waals surface area contributed by atoms with Gasteiger partial charge in [0.2, 0.25) is 5.89 Å². The van der Waals surface area contributed by atoms with Crippen LogP contribution in [0.2, 0.25) is 5.02 Å². The number of thiocarbonyl (C=S) groups is 1. The number of carbonyl (C=O) groups is 1. The number of benzene rings is 3. The number of amides is 1. The summed E-state index contributed by atoms with van der Waals surface area (Å²) in [6.45, 7) is 0. The molecular formula is C23H17BrClN3O4S. The number of nitrogens with zero attached hydrogens (tertiary/aromatic N) is 1. The molecule has 10 heteroatoms. The number of nitrogens with one attached hydrogen (secondary N) is 2. The number of hydrogen-bond acceptors (Lipinski definition) is 6. The Bertz CT molecular complexity index is 1380. The Morgan fingerprint density at radius 3 is 2.61 bits per heavy atom. The third kappa shape index (κ3) is 5.11. The fourth-order valence-electron chi connectivity index (χ4n) is 3.10. The van der Waals surface area contributed by atoms with Crippen molar-refractivity contribution in [1.82, 2.24) is 10.3 Å². The van der Waals surface area contributed by atoms with E-state index >= 15 is 0 Å². The molecule has 0 aliphatic rings.